The number of rotatable bonds is 1. The van der Waals surface area contributed by atoms with Crippen LogP contribution in [-0.4, -0.2) is 12.1 Å². The lowest BCUT2D eigenvalue weighted by Crippen LogP contribution is -2.50. The van der Waals surface area contributed by atoms with Gasteiger partial charge in [0, 0.05) is 11.3 Å². The van der Waals surface area contributed by atoms with Gasteiger partial charge in [0.1, 0.15) is 0 Å². The lowest BCUT2D eigenvalue weighted by molar-refractivity contribution is -0.119. The number of hydrogen-bond donors (Lipinski definition) is 2. The van der Waals surface area contributed by atoms with Gasteiger partial charge in [-0.15, -0.1) is 0 Å². The van der Waals surface area contributed by atoms with Crippen LogP contribution in [0.1, 0.15) is 39.0 Å². The average Bonchev–Trinajstić information content (AvgIpc) is 2.18. The maximum atomic E-state index is 11.6. The minimum atomic E-state index is 0.153. The van der Waals surface area contributed by atoms with E-state index in [1.807, 2.05) is 0 Å². The standard InChI is InChI=1S/C10H16N2O/c1-2-9-11-8-6-4-3-5-7(8)10(13)12-9/h9,11H,2-6H2,1H3,(H,12,13). The van der Waals surface area contributed by atoms with E-state index in [-0.39, 0.29) is 12.1 Å². The van der Waals surface area contributed by atoms with E-state index in [4.69, 9.17) is 0 Å². The van der Waals surface area contributed by atoms with Crippen LogP contribution < -0.4 is 10.6 Å². The minimum absolute atomic E-state index is 0.153. The molecule has 2 N–H and O–H groups in total. The van der Waals surface area contributed by atoms with Crippen LogP contribution in [0.25, 0.3) is 0 Å². The summed E-state index contributed by atoms with van der Waals surface area (Å²) < 4.78 is 0. The fourth-order valence-corrected chi connectivity index (χ4v) is 2.01. The number of carbonyl (C=O) groups is 1. The molecule has 1 aliphatic heterocycles. The van der Waals surface area contributed by atoms with Crippen molar-refractivity contribution in [2.45, 2.75) is 45.2 Å². The van der Waals surface area contributed by atoms with Gasteiger partial charge in [-0.1, -0.05) is 6.92 Å². The zero-order chi connectivity index (χ0) is 9.26. The number of hydrogen-bond acceptors (Lipinski definition) is 2. The maximum absolute atomic E-state index is 11.6. The first-order chi connectivity index (χ1) is 6.31. The normalized spacial score (nSPS) is 27.8. The van der Waals surface area contributed by atoms with Crippen molar-refractivity contribution in [3.63, 3.8) is 0 Å². The number of carbonyl (C=O) groups excluding carboxylic acids is 1. The van der Waals surface area contributed by atoms with Gasteiger partial charge in [0.05, 0.1) is 6.17 Å². The van der Waals surface area contributed by atoms with Gasteiger partial charge >= 0.3 is 0 Å². The van der Waals surface area contributed by atoms with Crippen molar-refractivity contribution in [2.75, 3.05) is 0 Å². The molecule has 0 spiro atoms. The van der Waals surface area contributed by atoms with Crippen molar-refractivity contribution in [3.8, 4) is 0 Å². The van der Waals surface area contributed by atoms with Crippen LogP contribution in [0, 0.1) is 0 Å². The lowest BCUT2D eigenvalue weighted by Gasteiger charge is -2.31. The van der Waals surface area contributed by atoms with E-state index >= 15 is 0 Å². The summed E-state index contributed by atoms with van der Waals surface area (Å²) in [5.41, 5.74) is 2.19. The number of amides is 1. The summed E-state index contributed by atoms with van der Waals surface area (Å²) in [6, 6.07) is 0. The molecule has 0 aromatic carbocycles. The molecule has 0 saturated heterocycles. The van der Waals surface area contributed by atoms with Gasteiger partial charge in [-0.3, -0.25) is 4.79 Å². The summed E-state index contributed by atoms with van der Waals surface area (Å²) in [6.45, 7) is 2.08. The Bertz CT molecular complexity index is 258. The molecule has 1 heterocycles. The first kappa shape index (κ1) is 8.60. The van der Waals surface area contributed by atoms with Crippen molar-refractivity contribution in [1.29, 1.82) is 0 Å². The van der Waals surface area contributed by atoms with Crippen LogP contribution >= 0.6 is 0 Å². The van der Waals surface area contributed by atoms with Crippen LogP contribution in [0.15, 0.2) is 11.3 Å². The molecule has 2 rings (SSSR count). The Morgan fingerprint density at radius 2 is 2.08 bits per heavy atom. The summed E-state index contributed by atoms with van der Waals surface area (Å²) in [6.07, 6.45) is 5.48. The van der Waals surface area contributed by atoms with E-state index in [0.29, 0.717) is 0 Å². The largest absolute Gasteiger partial charge is 0.368 e. The molecule has 0 bridgehead atoms. The smallest absolute Gasteiger partial charge is 0.250 e. The first-order valence-electron chi connectivity index (χ1n) is 5.10. The third-order valence-electron chi connectivity index (χ3n) is 2.80. The molecule has 0 aromatic rings. The Morgan fingerprint density at radius 1 is 1.31 bits per heavy atom. The Morgan fingerprint density at radius 3 is 2.85 bits per heavy atom. The quantitative estimate of drug-likeness (QED) is 0.638. The van der Waals surface area contributed by atoms with Crippen molar-refractivity contribution >= 4 is 5.91 Å². The number of nitrogens with one attached hydrogen (secondary N) is 2. The van der Waals surface area contributed by atoms with Gasteiger partial charge in [-0.2, -0.15) is 0 Å². The second kappa shape index (κ2) is 3.40. The Balaban J connectivity index is 2.20. The van der Waals surface area contributed by atoms with E-state index in [1.54, 1.807) is 0 Å². The molecule has 1 amide bonds. The molecular weight excluding hydrogens is 164 g/mol. The van der Waals surface area contributed by atoms with Crippen molar-refractivity contribution in [1.82, 2.24) is 10.6 Å². The predicted octanol–water partition coefficient (Wildman–Crippen LogP) is 1.27. The SMILES string of the molecule is CCC1NC(=O)C2=C(CCCC2)N1. The highest BCUT2D eigenvalue weighted by Gasteiger charge is 2.26. The molecule has 72 valence electrons. The van der Waals surface area contributed by atoms with E-state index in [2.05, 4.69) is 17.6 Å². The third kappa shape index (κ3) is 1.55. The molecule has 0 radical (unpaired) electrons. The summed E-state index contributed by atoms with van der Waals surface area (Å²) >= 11 is 0. The van der Waals surface area contributed by atoms with Gasteiger partial charge in [0.2, 0.25) is 0 Å². The van der Waals surface area contributed by atoms with Crippen molar-refractivity contribution in [3.05, 3.63) is 11.3 Å². The third-order valence-corrected chi connectivity index (χ3v) is 2.80. The van der Waals surface area contributed by atoms with E-state index in [0.717, 1.165) is 31.3 Å². The van der Waals surface area contributed by atoms with Crippen LogP contribution in [0.5, 0.6) is 0 Å². The van der Waals surface area contributed by atoms with Gasteiger partial charge in [0.25, 0.3) is 5.91 Å². The Labute approximate surface area is 78.6 Å². The molecule has 1 atom stereocenters. The summed E-state index contributed by atoms with van der Waals surface area (Å²) in [5.74, 6) is 0.153. The minimum Gasteiger partial charge on any atom is -0.368 e. The molecule has 0 fully saturated rings. The van der Waals surface area contributed by atoms with Crippen LogP contribution in [0.2, 0.25) is 0 Å². The summed E-state index contributed by atoms with van der Waals surface area (Å²) in [4.78, 5) is 11.6. The molecule has 2 aliphatic rings. The van der Waals surface area contributed by atoms with Gasteiger partial charge in [-0.05, 0) is 32.1 Å². The lowest BCUT2D eigenvalue weighted by atomic mass is 9.93. The average molecular weight is 180 g/mol. The molecule has 0 saturated carbocycles. The second-order valence-electron chi connectivity index (χ2n) is 3.74. The van der Waals surface area contributed by atoms with Crippen LogP contribution in [-0.2, 0) is 4.79 Å². The highest BCUT2D eigenvalue weighted by Crippen LogP contribution is 2.25. The highest BCUT2D eigenvalue weighted by molar-refractivity contribution is 5.95. The first-order valence-corrected chi connectivity index (χ1v) is 5.10. The van der Waals surface area contributed by atoms with Crippen molar-refractivity contribution in [2.24, 2.45) is 0 Å². The summed E-state index contributed by atoms with van der Waals surface area (Å²) in [5, 5.41) is 6.34. The maximum Gasteiger partial charge on any atom is 0.250 e. The number of allylic oxidation sites excluding steroid dienone is 1. The zero-order valence-corrected chi connectivity index (χ0v) is 8.02. The molecule has 1 unspecified atom stereocenters. The fraction of sp³-hybridized carbons (Fsp3) is 0.700. The van der Waals surface area contributed by atoms with Crippen LogP contribution in [0.3, 0.4) is 0 Å². The van der Waals surface area contributed by atoms with E-state index < -0.39 is 0 Å². The Hall–Kier alpha value is -0.990. The van der Waals surface area contributed by atoms with Gasteiger partial charge < -0.3 is 10.6 Å². The fourth-order valence-electron chi connectivity index (χ4n) is 2.01. The zero-order valence-electron chi connectivity index (χ0n) is 8.02. The molecule has 1 aliphatic carbocycles. The molecule has 3 nitrogen and oxygen atoms in total. The monoisotopic (exact) mass is 180 g/mol. The predicted molar refractivity (Wildman–Crippen MR) is 50.9 cm³/mol. The summed E-state index contributed by atoms with van der Waals surface area (Å²) in [7, 11) is 0. The topological polar surface area (TPSA) is 41.1 Å². The van der Waals surface area contributed by atoms with E-state index in [9.17, 15) is 4.79 Å². The van der Waals surface area contributed by atoms with Gasteiger partial charge in [-0.25, -0.2) is 0 Å². The molecule has 0 aromatic heterocycles. The van der Waals surface area contributed by atoms with Gasteiger partial charge in [0.15, 0.2) is 0 Å². The Kier molecular flexibility index (Phi) is 2.25. The highest BCUT2D eigenvalue weighted by atomic mass is 16.2. The van der Waals surface area contributed by atoms with E-state index in [1.165, 1.54) is 12.1 Å². The van der Waals surface area contributed by atoms with Crippen molar-refractivity contribution < 1.29 is 4.79 Å². The molecule has 13 heavy (non-hydrogen) atoms. The second-order valence-corrected chi connectivity index (χ2v) is 3.74. The van der Waals surface area contributed by atoms with Crippen LogP contribution in [0.4, 0.5) is 0 Å². The molecular formula is C10H16N2O. The molecule has 3 heteroatoms.